The minimum atomic E-state index is -0.803. The van der Waals surface area contributed by atoms with E-state index in [1.165, 1.54) is 0 Å². The number of aromatic nitrogens is 2. The fourth-order valence-corrected chi connectivity index (χ4v) is 5.92. The maximum atomic E-state index is 14.0. The smallest absolute Gasteiger partial charge is 0.286 e. The van der Waals surface area contributed by atoms with Gasteiger partial charge in [-0.3, -0.25) is 19.1 Å². The highest BCUT2D eigenvalue weighted by Crippen LogP contribution is 2.39. The molecule has 0 fully saturated rings. The van der Waals surface area contributed by atoms with Gasteiger partial charge in [0, 0.05) is 55.5 Å². The first-order chi connectivity index (χ1) is 22.7. The average molecular weight is 640 g/mol. The number of amides is 2. The number of ether oxygens (including phenoxy) is 2. The molecule has 11 nitrogen and oxygen atoms in total. The molecule has 0 aliphatic carbocycles. The Morgan fingerprint density at radius 1 is 1.00 bits per heavy atom. The van der Waals surface area contributed by atoms with E-state index >= 15 is 0 Å². The summed E-state index contributed by atoms with van der Waals surface area (Å²) >= 11 is 0. The summed E-state index contributed by atoms with van der Waals surface area (Å²) in [5, 5.41) is 15.4. The summed E-state index contributed by atoms with van der Waals surface area (Å²) in [6, 6.07) is 23.3. The standard InChI is InChI=1S/C36H41N5O6/c1-4-46-36-27(13-10-20-42)28(32-23(2)40(3)41(35(32)45)26-11-6-5-7-12-26)21-31(47-36)34(44)38-22-24-16-18-25(19-17-24)33(43)39-30-15-9-8-14-29(30)37/h5-9,11-12,14-19,21,27-28,36,42H,4,10,13,20,22,37H2,1-3H3,(H,38,44)(H,39,43)/t27-,28-,36+/m1/s1. The first-order valence-electron chi connectivity index (χ1n) is 15.7. The lowest BCUT2D eigenvalue weighted by Crippen LogP contribution is -2.40. The Morgan fingerprint density at radius 2 is 1.70 bits per heavy atom. The lowest BCUT2D eigenvalue weighted by atomic mass is 9.80. The van der Waals surface area contributed by atoms with Crippen molar-refractivity contribution in [1.29, 1.82) is 0 Å². The van der Waals surface area contributed by atoms with Crippen molar-refractivity contribution >= 4 is 23.2 Å². The van der Waals surface area contributed by atoms with Gasteiger partial charge in [0.25, 0.3) is 17.4 Å². The van der Waals surface area contributed by atoms with Gasteiger partial charge in [-0.1, -0.05) is 42.5 Å². The van der Waals surface area contributed by atoms with Gasteiger partial charge < -0.3 is 30.9 Å². The molecule has 0 bridgehead atoms. The van der Waals surface area contributed by atoms with Crippen molar-refractivity contribution in [1.82, 2.24) is 14.7 Å². The number of nitrogen functional groups attached to an aromatic ring is 1. The zero-order chi connectivity index (χ0) is 33.5. The van der Waals surface area contributed by atoms with Crippen molar-refractivity contribution in [2.75, 3.05) is 24.3 Å². The summed E-state index contributed by atoms with van der Waals surface area (Å²) in [7, 11) is 1.83. The SMILES string of the molecule is CCO[C@H]1OC(C(=O)NCc2ccc(C(=O)Nc3ccccc3N)cc2)=C[C@@H](c2c(C)n(C)n(-c3ccccc3)c2=O)[C@H]1CCCO. The number of hydrogen-bond donors (Lipinski definition) is 4. The number of aliphatic hydroxyl groups is 1. The number of para-hydroxylation sites is 3. The monoisotopic (exact) mass is 639 g/mol. The van der Waals surface area contributed by atoms with Crippen molar-refractivity contribution < 1.29 is 24.2 Å². The molecule has 4 aromatic rings. The molecule has 2 heterocycles. The highest BCUT2D eigenvalue weighted by Gasteiger charge is 2.40. The van der Waals surface area contributed by atoms with Gasteiger partial charge in [-0.2, -0.15) is 0 Å². The van der Waals surface area contributed by atoms with Crippen LogP contribution in [0, 0.1) is 12.8 Å². The topological polar surface area (TPSA) is 150 Å². The van der Waals surface area contributed by atoms with Crippen LogP contribution < -0.4 is 21.9 Å². The first-order valence-corrected chi connectivity index (χ1v) is 15.7. The van der Waals surface area contributed by atoms with Gasteiger partial charge in [-0.25, -0.2) is 4.68 Å². The van der Waals surface area contributed by atoms with Crippen LogP contribution in [0.5, 0.6) is 0 Å². The number of anilines is 2. The van der Waals surface area contributed by atoms with Gasteiger partial charge in [0.05, 0.1) is 17.1 Å². The Labute approximate surface area is 273 Å². The second kappa shape index (κ2) is 15.0. The Kier molecular flexibility index (Phi) is 10.6. The predicted molar refractivity (Wildman–Crippen MR) is 180 cm³/mol. The molecule has 1 aliphatic rings. The van der Waals surface area contributed by atoms with Crippen LogP contribution in [-0.4, -0.2) is 45.8 Å². The molecule has 246 valence electrons. The third kappa shape index (κ3) is 7.32. The van der Waals surface area contributed by atoms with E-state index in [0.717, 1.165) is 16.9 Å². The number of allylic oxidation sites excluding steroid dienone is 1. The van der Waals surface area contributed by atoms with Gasteiger partial charge in [0.1, 0.15) is 0 Å². The Balaban J connectivity index is 1.38. The molecule has 3 atom stereocenters. The van der Waals surface area contributed by atoms with Gasteiger partial charge >= 0.3 is 0 Å². The molecule has 2 amide bonds. The number of nitrogens with zero attached hydrogens (tertiary/aromatic N) is 2. The quantitative estimate of drug-likeness (QED) is 0.168. The van der Waals surface area contributed by atoms with Gasteiger partial charge in [-0.05, 0) is 74.7 Å². The molecule has 0 saturated carbocycles. The molecule has 1 aromatic heterocycles. The molecule has 0 spiro atoms. The molecule has 0 saturated heterocycles. The van der Waals surface area contributed by atoms with Crippen LogP contribution >= 0.6 is 0 Å². The summed E-state index contributed by atoms with van der Waals surface area (Å²) < 4.78 is 15.5. The van der Waals surface area contributed by atoms with Crippen LogP contribution in [0.2, 0.25) is 0 Å². The van der Waals surface area contributed by atoms with E-state index in [9.17, 15) is 19.5 Å². The maximum absolute atomic E-state index is 14.0. The van der Waals surface area contributed by atoms with Crippen LogP contribution in [0.15, 0.2) is 95.5 Å². The van der Waals surface area contributed by atoms with Crippen LogP contribution in [-0.2, 0) is 27.9 Å². The number of aliphatic hydroxyl groups excluding tert-OH is 1. The molecular weight excluding hydrogens is 598 g/mol. The van der Waals surface area contributed by atoms with Crippen molar-refractivity contribution in [3.63, 3.8) is 0 Å². The van der Waals surface area contributed by atoms with Crippen LogP contribution in [0.1, 0.15) is 52.9 Å². The number of nitrogens with one attached hydrogen (secondary N) is 2. The Morgan fingerprint density at radius 3 is 2.38 bits per heavy atom. The maximum Gasteiger partial charge on any atom is 0.286 e. The van der Waals surface area contributed by atoms with E-state index in [4.69, 9.17) is 15.2 Å². The van der Waals surface area contributed by atoms with E-state index in [1.54, 1.807) is 59.3 Å². The largest absolute Gasteiger partial charge is 0.459 e. The molecule has 5 rings (SSSR count). The predicted octanol–water partition coefficient (Wildman–Crippen LogP) is 4.38. The normalized spacial score (nSPS) is 17.4. The number of benzene rings is 3. The minimum Gasteiger partial charge on any atom is -0.459 e. The van der Waals surface area contributed by atoms with E-state index < -0.39 is 18.1 Å². The molecule has 3 aromatic carbocycles. The summed E-state index contributed by atoms with van der Waals surface area (Å²) in [6.45, 7) is 4.21. The Bertz CT molecular complexity index is 1790. The molecule has 0 radical (unpaired) electrons. The molecule has 1 aliphatic heterocycles. The highest BCUT2D eigenvalue weighted by atomic mass is 16.7. The van der Waals surface area contributed by atoms with Crippen molar-refractivity contribution in [2.24, 2.45) is 13.0 Å². The number of hydrogen-bond acceptors (Lipinski definition) is 7. The van der Waals surface area contributed by atoms with Gasteiger partial charge in [-0.15, -0.1) is 0 Å². The highest BCUT2D eigenvalue weighted by molar-refractivity contribution is 6.05. The summed E-state index contributed by atoms with van der Waals surface area (Å²) in [6.07, 6.45) is 1.90. The third-order valence-corrected chi connectivity index (χ3v) is 8.45. The second-order valence-corrected chi connectivity index (χ2v) is 11.4. The number of carbonyl (C=O) groups is 2. The lowest BCUT2D eigenvalue weighted by molar-refractivity contribution is -0.166. The van der Waals surface area contributed by atoms with Crippen LogP contribution in [0.4, 0.5) is 11.4 Å². The number of nitrogens with two attached hydrogens (primary N) is 1. The van der Waals surface area contributed by atoms with Crippen molar-refractivity contribution in [3.8, 4) is 5.69 Å². The minimum absolute atomic E-state index is 0.0259. The van der Waals surface area contributed by atoms with E-state index in [-0.39, 0.29) is 36.3 Å². The molecular formula is C36H41N5O6. The third-order valence-electron chi connectivity index (χ3n) is 8.45. The lowest BCUT2D eigenvalue weighted by Gasteiger charge is -2.36. The van der Waals surface area contributed by atoms with E-state index in [2.05, 4.69) is 10.6 Å². The average Bonchev–Trinajstić information content (AvgIpc) is 3.30. The van der Waals surface area contributed by atoms with E-state index in [0.29, 0.717) is 42.0 Å². The zero-order valence-corrected chi connectivity index (χ0v) is 26.8. The van der Waals surface area contributed by atoms with Crippen molar-refractivity contribution in [3.05, 3.63) is 123 Å². The number of carbonyl (C=O) groups excluding carboxylic acids is 2. The summed E-state index contributed by atoms with van der Waals surface area (Å²) in [4.78, 5) is 40.3. The van der Waals surface area contributed by atoms with E-state index in [1.807, 2.05) is 55.9 Å². The summed E-state index contributed by atoms with van der Waals surface area (Å²) in [5.74, 6) is -1.53. The van der Waals surface area contributed by atoms with Crippen LogP contribution in [0.25, 0.3) is 5.69 Å². The van der Waals surface area contributed by atoms with Gasteiger partial charge in [0.15, 0.2) is 5.76 Å². The van der Waals surface area contributed by atoms with Crippen molar-refractivity contribution in [2.45, 2.75) is 45.4 Å². The Hall–Kier alpha value is -5.13. The fraction of sp³-hybridized carbons (Fsp3) is 0.306. The number of rotatable bonds is 12. The van der Waals surface area contributed by atoms with Crippen LogP contribution in [0.3, 0.4) is 0 Å². The summed E-state index contributed by atoms with van der Waals surface area (Å²) in [5.41, 5.74) is 9.98. The molecule has 47 heavy (non-hydrogen) atoms. The van der Waals surface area contributed by atoms with Gasteiger partial charge in [0.2, 0.25) is 6.29 Å². The molecule has 0 unspecified atom stereocenters. The molecule has 5 N–H and O–H groups in total. The zero-order valence-electron chi connectivity index (χ0n) is 26.8. The second-order valence-electron chi connectivity index (χ2n) is 11.4. The molecule has 11 heteroatoms. The fourth-order valence-electron chi connectivity index (χ4n) is 5.92. The first kappa shape index (κ1) is 33.2.